The van der Waals surface area contributed by atoms with E-state index in [1.807, 2.05) is 0 Å². The monoisotopic (exact) mass is 181 g/mol. The Morgan fingerprint density at radius 3 is 3.00 bits per heavy atom. The molecule has 1 aliphatic carbocycles. The lowest BCUT2D eigenvalue weighted by Gasteiger charge is -2.33. The molecule has 0 amide bonds. The molecule has 13 heavy (non-hydrogen) atoms. The van der Waals surface area contributed by atoms with E-state index in [-0.39, 0.29) is 5.54 Å². The second kappa shape index (κ2) is 4.57. The Bertz CT molecular complexity index is 206. The molecule has 0 aromatic heterocycles. The smallest absolute Gasteiger partial charge is 0.211 e. The van der Waals surface area contributed by atoms with Gasteiger partial charge in [-0.05, 0) is 25.7 Å². The summed E-state index contributed by atoms with van der Waals surface area (Å²) in [4.78, 5) is 14.2. The molecule has 1 saturated carbocycles. The predicted molar refractivity (Wildman–Crippen MR) is 53.4 cm³/mol. The summed E-state index contributed by atoms with van der Waals surface area (Å²) in [5.41, 5.74) is -0.0974. The molecule has 74 valence electrons. The average molecular weight is 181 g/mol. The summed E-state index contributed by atoms with van der Waals surface area (Å²) in [6.45, 7) is 4.30. The van der Waals surface area contributed by atoms with Crippen LogP contribution in [-0.2, 0) is 4.79 Å². The Morgan fingerprint density at radius 2 is 2.38 bits per heavy atom. The minimum absolute atomic E-state index is 0.0974. The van der Waals surface area contributed by atoms with Crippen molar-refractivity contribution in [3.63, 3.8) is 0 Å². The summed E-state index contributed by atoms with van der Waals surface area (Å²) >= 11 is 0. The fraction of sp³-hybridized carbons (Fsp3) is 0.909. The lowest BCUT2D eigenvalue weighted by molar-refractivity contribution is 0.232. The maximum Gasteiger partial charge on any atom is 0.235 e. The molecular weight excluding hydrogens is 162 g/mol. The number of hydrogen-bond donors (Lipinski definition) is 0. The molecule has 2 heteroatoms. The molecule has 0 saturated heterocycles. The molecule has 1 fully saturated rings. The van der Waals surface area contributed by atoms with Gasteiger partial charge in [0.15, 0.2) is 0 Å². The fourth-order valence-electron chi connectivity index (χ4n) is 2.46. The van der Waals surface area contributed by atoms with Crippen LogP contribution in [0.5, 0.6) is 0 Å². The normalized spacial score (nSPS) is 33.8. The summed E-state index contributed by atoms with van der Waals surface area (Å²) in [7, 11) is 0. The van der Waals surface area contributed by atoms with Gasteiger partial charge in [-0.2, -0.15) is 4.99 Å². The minimum atomic E-state index is -0.0974. The maximum absolute atomic E-state index is 10.3. The Kier molecular flexibility index (Phi) is 3.68. The van der Waals surface area contributed by atoms with E-state index in [2.05, 4.69) is 18.8 Å². The van der Waals surface area contributed by atoms with E-state index >= 15 is 0 Å². The Labute approximate surface area is 80.4 Å². The first-order valence-corrected chi connectivity index (χ1v) is 5.29. The van der Waals surface area contributed by atoms with Crippen molar-refractivity contribution >= 4 is 6.08 Å². The van der Waals surface area contributed by atoms with Crippen molar-refractivity contribution in [2.45, 2.75) is 57.9 Å². The van der Waals surface area contributed by atoms with Crippen LogP contribution in [0, 0.1) is 5.92 Å². The van der Waals surface area contributed by atoms with E-state index in [0.29, 0.717) is 0 Å². The number of carbonyl (C=O) groups excluding carboxylic acids is 1. The summed E-state index contributed by atoms with van der Waals surface area (Å²) in [6.07, 6.45) is 8.91. The molecule has 0 aromatic carbocycles. The van der Waals surface area contributed by atoms with Gasteiger partial charge in [0.1, 0.15) is 0 Å². The van der Waals surface area contributed by atoms with Gasteiger partial charge in [-0.15, -0.1) is 0 Å². The van der Waals surface area contributed by atoms with Crippen LogP contribution in [0.25, 0.3) is 0 Å². The van der Waals surface area contributed by atoms with Crippen molar-refractivity contribution in [3.8, 4) is 0 Å². The lowest BCUT2D eigenvalue weighted by atomic mass is 9.76. The molecule has 0 aromatic rings. The van der Waals surface area contributed by atoms with Gasteiger partial charge in [0.2, 0.25) is 6.08 Å². The van der Waals surface area contributed by atoms with Crippen molar-refractivity contribution < 1.29 is 4.79 Å². The molecule has 0 bridgehead atoms. The summed E-state index contributed by atoms with van der Waals surface area (Å²) in [5.74, 6) is 0.779. The number of hydrogen-bond acceptors (Lipinski definition) is 2. The van der Waals surface area contributed by atoms with Gasteiger partial charge >= 0.3 is 0 Å². The minimum Gasteiger partial charge on any atom is -0.211 e. The van der Waals surface area contributed by atoms with E-state index in [1.54, 1.807) is 6.08 Å². The zero-order chi connectivity index (χ0) is 9.73. The number of nitrogens with zero attached hydrogens (tertiary/aromatic N) is 1. The van der Waals surface area contributed by atoms with Gasteiger partial charge in [0.05, 0.1) is 5.54 Å². The topological polar surface area (TPSA) is 29.4 Å². The van der Waals surface area contributed by atoms with Crippen LogP contribution in [0.3, 0.4) is 0 Å². The summed E-state index contributed by atoms with van der Waals surface area (Å²) in [6, 6.07) is 0. The molecule has 0 spiro atoms. The SMILES string of the molecule is CCCC1CCCC(C)(N=C=O)C1. The van der Waals surface area contributed by atoms with E-state index in [9.17, 15) is 4.79 Å². The highest BCUT2D eigenvalue weighted by atomic mass is 16.1. The molecule has 0 aliphatic heterocycles. The first kappa shape index (κ1) is 10.5. The number of isocyanates is 1. The summed E-state index contributed by atoms with van der Waals surface area (Å²) < 4.78 is 0. The van der Waals surface area contributed by atoms with Gasteiger partial charge in [0.25, 0.3) is 0 Å². The molecule has 1 aliphatic rings. The third-order valence-electron chi connectivity index (χ3n) is 3.07. The quantitative estimate of drug-likeness (QED) is 0.486. The second-order valence-corrected chi connectivity index (χ2v) is 4.45. The molecule has 0 radical (unpaired) electrons. The fourth-order valence-corrected chi connectivity index (χ4v) is 2.46. The molecule has 2 unspecified atom stereocenters. The average Bonchev–Trinajstić information content (AvgIpc) is 2.04. The van der Waals surface area contributed by atoms with Crippen LogP contribution in [0.1, 0.15) is 52.4 Å². The first-order valence-electron chi connectivity index (χ1n) is 5.29. The summed E-state index contributed by atoms with van der Waals surface area (Å²) in [5, 5.41) is 0. The molecule has 0 N–H and O–H groups in total. The molecule has 0 heterocycles. The third-order valence-corrected chi connectivity index (χ3v) is 3.07. The van der Waals surface area contributed by atoms with Crippen molar-refractivity contribution in [3.05, 3.63) is 0 Å². The highest BCUT2D eigenvalue weighted by Gasteiger charge is 2.31. The Morgan fingerprint density at radius 1 is 1.62 bits per heavy atom. The van der Waals surface area contributed by atoms with E-state index < -0.39 is 0 Å². The van der Waals surface area contributed by atoms with Crippen molar-refractivity contribution in [1.29, 1.82) is 0 Å². The highest BCUT2D eigenvalue weighted by Crippen LogP contribution is 2.36. The van der Waals surface area contributed by atoms with E-state index in [1.165, 1.54) is 25.7 Å². The lowest BCUT2D eigenvalue weighted by Crippen LogP contribution is -2.30. The molecule has 2 nitrogen and oxygen atoms in total. The standard InChI is InChI=1S/C11H19NO/c1-3-5-10-6-4-7-11(2,8-10)12-9-13/h10H,3-8H2,1-2H3. The molecule has 2 atom stereocenters. The van der Waals surface area contributed by atoms with Crippen molar-refractivity contribution in [2.75, 3.05) is 0 Å². The van der Waals surface area contributed by atoms with Crippen molar-refractivity contribution in [2.24, 2.45) is 10.9 Å². The van der Waals surface area contributed by atoms with Gasteiger partial charge in [-0.3, -0.25) is 0 Å². The van der Waals surface area contributed by atoms with Gasteiger partial charge < -0.3 is 0 Å². The molecular formula is C11H19NO. The highest BCUT2D eigenvalue weighted by molar-refractivity contribution is 5.34. The zero-order valence-electron chi connectivity index (χ0n) is 8.68. The number of aliphatic imine (C=N–C) groups is 1. The van der Waals surface area contributed by atoms with Crippen LogP contribution in [0.2, 0.25) is 0 Å². The first-order chi connectivity index (χ1) is 6.20. The molecule has 1 rings (SSSR count). The van der Waals surface area contributed by atoms with E-state index in [4.69, 9.17) is 0 Å². The number of rotatable bonds is 3. The largest absolute Gasteiger partial charge is 0.235 e. The maximum atomic E-state index is 10.3. The Balaban J connectivity index is 2.54. The van der Waals surface area contributed by atoms with Crippen LogP contribution in [-0.4, -0.2) is 11.6 Å². The van der Waals surface area contributed by atoms with E-state index in [0.717, 1.165) is 18.8 Å². The van der Waals surface area contributed by atoms with Crippen LogP contribution in [0.15, 0.2) is 4.99 Å². The second-order valence-electron chi connectivity index (χ2n) is 4.45. The van der Waals surface area contributed by atoms with Crippen LogP contribution in [0.4, 0.5) is 0 Å². The van der Waals surface area contributed by atoms with Gasteiger partial charge in [0, 0.05) is 0 Å². The van der Waals surface area contributed by atoms with Crippen molar-refractivity contribution in [1.82, 2.24) is 0 Å². The predicted octanol–water partition coefficient (Wildman–Crippen LogP) is 3.07. The Hall–Kier alpha value is -0.620. The van der Waals surface area contributed by atoms with Gasteiger partial charge in [-0.1, -0.05) is 32.6 Å². The van der Waals surface area contributed by atoms with Crippen LogP contribution >= 0.6 is 0 Å². The van der Waals surface area contributed by atoms with Gasteiger partial charge in [-0.25, -0.2) is 4.79 Å². The zero-order valence-corrected chi connectivity index (χ0v) is 8.68. The third kappa shape index (κ3) is 2.96. The van der Waals surface area contributed by atoms with Crippen LogP contribution < -0.4 is 0 Å².